The number of rotatable bonds is 2. The SMILES string of the molecule is N#Cc1n[nH]nc1-c1c(-c2ccccc2)ccc(Cl)c1C(F)(F)F. The third kappa shape index (κ3) is 2.72. The van der Waals surface area contributed by atoms with Crippen LogP contribution >= 0.6 is 11.6 Å². The molecule has 0 aliphatic heterocycles. The molecule has 3 aromatic rings. The second kappa shape index (κ2) is 5.98. The Morgan fingerprint density at radius 2 is 1.75 bits per heavy atom. The number of hydrogen-bond donors (Lipinski definition) is 1. The minimum atomic E-state index is -4.72. The molecule has 0 aliphatic carbocycles. The zero-order valence-corrected chi connectivity index (χ0v) is 12.7. The summed E-state index contributed by atoms with van der Waals surface area (Å²) in [6, 6.07) is 12.9. The van der Waals surface area contributed by atoms with Crippen molar-refractivity contribution in [2.24, 2.45) is 0 Å². The Hall–Kier alpha value is -2.85. The molecule has 0 saturated carbocycles. The fraction of sp³-hybridized carbons (Fsp3) is 0.0625. The van der Waals surface area contributed by atoms with Crippen LogP contribution in [0, 0.1) is 11.3 Å². The van der Waals surface area contributed by atoms with Crippen LogP contribution in [0.15, 0.2) is 42.5 Å². The number of aromatic nitrogens is 3. The number of nitrogens with one attached hydrogen (secondary N) is 1. The molecule has 1 heterocycles. The fourth-order valence-electron chi connectivity index (χ4n) is 2.44. The van der Waals surface area contributed by atoms with E-state index >= 15 is 0 Å². The van der Waals surface area contributed by atoms with Crippen LogP contribution in [0.4, 0.5) is 13.2 Å². The maximum Gasteiger partial charge on any atom is 0.418 e. The van der Waals surface area contributed by atoms with Gasteiger partial charge in [-0.25, -0.2) is 0 Å². The molecule has 0 fully saturated rings. The summed E-state index contributed by atoms with van der Waals surface area (Å²) in [5.41, 5.74) is -0.937. The highest BCUT2D eigenvalue weighted by atomic mass is 35.5. The summed E-state index contributed by atoms with van der Waals surface area (Å²) >= 11 is 5.82. The van der Waals surface area contributed by atoms with Crippen molar-refractivity contribution in [3.05, 3.63) is 58.7 Å². The molecule has 1 N–H and O–H groups in total. The number of alkyl halides is 3. The Morgan fingerprint density at radius 1 is 1.04 bits per heavy atom. The van der Waals surface area contributed by atoms with Crippen molar-refractivity contribution >= 4 is 11.6 Å². The number of nitriles is 1. The third-order valence-corrected chi connectivity index (χ3v) is 3.73. The minimum absolute atomic E-state index is 0.189. The monoisotopic (exact) mass is 348 g/mol. The van der Waals surface area contributed by atoms with Crippen LogP contribution in [0.5, 0.6) is 0 Å². The van der Waals surface area contributed by atoms with Crippen molar-refractivity contribution in [3.63, 3.8) is 0 Å². The summed E-state index contributed by atoms with van der Waals surface area (Å²) < 4.78 is 40.8. The van der Waals surface area contributed by atoms with Crippen molar-refractivity contribution in [1.82, 2.24) is 15.4 Å². The lowest BCUT2D eigenvalue weighted by atomic mass is 9.92. The number of halogens is 4. The molecule has 0 bridgehead atoms. The van der Waals surface area contributed by atoms with Gasteiger partial charge in [-0.15, -0.1) is 5.10 Å². The van der Waals surface area contributed by atoms with E-state index in [1.807, 2.05) is 0 Å². The Kier molecular flexibility index (Phi) is 3.99. The molecule has 120 valence electrons. The first kappa shape index (κ1) is 16.0. The van der Waals surface area contributed by atoms with Gasteiger partial charge in [0.25, 0.3) is 0 Å². The van der Waals surface area contributed by atoms with Gasteiger partial charge in [0.1, 0.15) is 11.8 Å². The number of hydrogen-bond acceptors (Lipinski definition) is 3. The predicted octanol–water partition coefficient (Wildman–Crippen LogP) is 4.68. The molecule has 0 atom stereocenters. The summed E-state index contributed by atoms with van der Waals surface area (Å²) in [5, 5.41) is 18.2. The van der Waals surface area contributed by atoms with Gasteiger partial charge in [-0.1, -0.05) is 48.0 Å². The van der Waals surface area contributed by atoms with Crippen molar-refractivity contribution in [2.75, 3.05) is 0 Å². The van der Waals surface area contributed by atoms with E-state index in [-0.39, 0.29) is 22.5 Å². The van der Waals surface area contributed by atoms with Crippen molar-refractivity contribution in [1.29, 1.82) is 5.26 Å². The van der Waals surface area contributed by atoms with Gasteiger partial charge in [-0.3, -0.25) is 0 Å². The van der Waals surface area contributed by atoms with E-state index in [1.165, 1.54) is 12.1 Å². The molecule has 24 heavy (non-hydrogen) atoms. The van der Waals surface area contributed by atoms with E-state index in [0.717, 1.165) is 0 Å². The number of benzene rings is 2. The van der Waals surface area contributed by atoms with Gasteiger partial charge >= 0.3 is 6.18 Å². The maximum atomic E-state index is 13.6. The van der Waals surface area contributed by atoms with Crippen molar-refractivity contribution in [2.45, 2.75) is 6.18 Å². The Labute approximate surface area is 139 Å². The van der Waals surface area contributed by atoms with E-state index in [4.69, 9.17) is 16.9 Å². The molecule has 0 unspecified atom stereocenters. The fourth-order valence-corrected chi connectivity index (χ4v) is 2.71. The average molecular weight is 349 g/mol. The molecule has 0 spiro atoms. The first-order valence-corrected chi connectivity index (χ1v) is 7.07. The van der Waals surface area contributed by atoms with Gasteiger partial charge in [0.15, 0.2) is 5.69 Å². The van der Waals surface area contributed by atoms with Crippen LogP contribution in [-0.4, -0.2) is 15.4 Å². The topological polar surface area (TPSA) is 65.4 Å². The van der Waals surface area contributed by atoms with Crippen molar-refractivity contribution in [3.8, 4) is 28.5 Å². The van der Waals surface area contributed by atoms with E-state index in [1.54, 1.807) is 36.4 Å². The molecule has 3 rings (SSSR count). The Morgan fingerprint density at radius 3 is 2.38 bits per heavy atom. The largest absolute Gasteiger partial charge is 0.418 e. The zero-order chi connectivity index (χ0) is 17.3. The van der Waals surface area contributed by atoms with Crippen LogP contribution in [0.2, 0.25) is 5.02 Å². The highest BCUT2D eigenvalue weighted by Crippen LogP contribution is 2.46. The van der Waals surface area contributed by atoms with E-state index < -0.39 is 16.8 Å². The molecule has 0 radical (unpaired) electrons. The van der Waals surface area contributed by atoms with Crippen LogP contribution in [-0.2, 0) is 6.18 Å². The van der Waals surface area contributed by atoms with Gasteiger partial charge in [0, 0.05) is 5.56 Å². The lowest BCUT2D eigenvalue weighted by Crippen LogP contribution is -2.10. The quantitative estimate of drug-likeness (QED) is 0.731. The molecular weight excluding hydrogens is 341 g/mol. The molecule has 4 nitrogen and oxygen atoms in total. The van der Waals surface area contributed by atoms with Gasteiger partial charge in [-0.05, 0) is 17.2 Å². The highest BCUT2D eigenvalue weighted by molar-refractivity contribution is 6.32. The van der Waals surface area contributed by atoms with Gasteiger partial charge in [-0.2, -0.15) is 28.7 Å². The lowest BCUT2D eigenvalue weighted by Gasteiger charge is -2.17. The standard InChI is InChI=1S/C16H8ClF3N4/c17-11-7-6-10(9-4-2-1-3-5-9)13(14(11)16(18,19)20)15-12(8-21)22-24-23-15/h1-7H,(H,22,23,24). The van der Waals surface area contributed by atoms with Crippen LogP contribution in [0.25, 0.3) is 22.4 Å². The Balaban J connectivity index is 2.43. The number of aromatic amines is 1. The summed E-state index contributed by atoms with van der Waals surface area (Å²) in [5.74, 6) is 0. The Bertz CT molecular complexity index is 927. The number of H-pyrrole nitrogens is 1. The molecule has 0 saturated heterocycles. The van der Waals surface area contributed by atoms with Gasteiger partial charge in [0.05, 0.1) is 10.6 Å². The minimum Gasteiger partial charge on any atom is -0.196 e. The molecule has 0 amide bonds. The second-order valence-electron chi connectivity index (χ2n) is 4.84. The first-order valence-electron chi connectivity index (χ1n) is 6.70. The van der Waals surface area contributed by atoms with E-state index in [2.05, 4.69) is 15.4 Å². The van der Waals surface area contributed by atoms with Crippen LogP contribution in [0.3, 0.4) is 0 Å². The summed E-state index contributed by atoms with van der Waals surface area (Å²) in [6.07, 6.45) is -4.72. The lowest BCUT2D eigenvalue weighted by molar-refractivity contribution is -0.137. The van der Waals surface area contributed by atoms with Crippen LogP contribution in [0.1, 0.15) is 11.3 Å². The third-order valence-electron chi connectivity index (χ3n) is 3.41. The maximum absolute atomic E-state index is 13.6. The highest BCUT2D eigenvalue weighted by Gasteiger charge is 2.39. The zero-order valence-electron chi connectivity index (χ0n) is 11.9. The smallest absolute Gasteiger partial charge is 0.196 e. The average Bonchev–Trinajstić information content (AvgIpc) is 3.02. The molecule has 0 aliphatic rings. The molecule has 2 aromatic carbocycles. The second-order valence-corrected chi connectivity index (χ2v) is 5.25. The van der Waals surface area contributed by atoms with Crippen molar-refractivity contribution < 1.29 is 13.2 Å². The first-order chi connectivity index (χ1) is 11.4. The van der Waals surface area contributed by atoms with E-state index in [0.29, 0.717) is 5.56 Å². The predicted molar refractivity (Wildman–Crippen MR) is 82.0 cm³/mol. The molecule has 1 aromatic heterocycles. The number of nitrogens with zero attached hydrogens (tertiary/aromatic N) is 3. The summed E-state index contributed by atoms with van der Waals surface area (Å²) in [4.78, 5) is 0. The normalized spacial score (nSPS) is 11.3. The van der Waals surface area contributed by atoms with Gasteiger partial charge < -0.3 is 0 Å². The van der Waals surface area contributed by atoms with E-state index in [9.17, 15) is 13.2 Å². The molecular formula is C16H8ClF3N4. The van der Waals surface area contributed by atoms with Gasteiger partial charge in [0.2, 0.25) is 0 Å². The summed E-state index contributed by atoms with van der Waals surface area (Å²) in [6.45, 7) is 0. The molecule has 8 heteroatoms. The summed E-state index contributed by atoms with van der Waals surface area (Å²) in [7, 11) is 0. The van der Waals surface area contributed by atoms with Crippen LogP contribution < -0.4 is 0 Å².